The molecule has 1 amide bonds. The smallest absolute Gasteiger partial charge is 0.416 e. The lowest BCUT2D eigenvalue weighted by Crippen LogP contribution is -2.22. The lowest BCUT2D eigenvalue weighted by atomic mass is 10.0. The van der Waals surface area contributed by atoms with Crippen LogP contribution in [0.25, 0.3) is 0 Å². The molecule has 0 bridgehead atoms. The van der Waals surface area contributed by atoms with Crippen LogP contribution in [0.2, 0.25) is 0 Å². The summed E-state index contributed by atoms with van der Waals surface area (Å²) in [5, 5.41) is 2.33. The molecule has 2 aromatic rings. The highest BCUT2D eigenvalue weighted by Gasteiger charge is 2.37. The Morgan fingerprint density at radius 2 is 1.45 bits per heavy atom. The first-order valence-corrected chi connectivity index (χ1v) is 8.33. The Hall–Kier alpha value is -3.44. The summed E-state index contributed by atoms with van der Waals surface area (Å²) in [4.78, 5) is 24.0. The predicted octanol–water partition coefficient (Wildman–Crippen LogP) is 4.54. The molecule has 0 atom stereocenters. The molecule has 0 aromatic heterocycles. The van der Waals surface area contributed by atoms with E-state index in [4.69, 9.17) is 9.47 Å². The first kappa shape index (κ1) is 23.8. The second-order valence-electron chi connectivity index (χ2n) is 5.99. The molecule has 12 heteroatoms. The summed E-state index contributed by atoms with van der Waals surface area (Å²) in [7, 11) is 2.70. The summed E-state index contributed by atoms with van der Waals surface area (Å²) in [6, 6.07) is 4.70. The van der Waals surface area contributed by atoms with Gasteiger partial charge >= 0.3 is 18.3 Å². The molecular weight excluding hydrogens is 436 g/mol. The van der Waals surface area contributed by atoms with Crippen molar-refractivity contribution in [2.75, 3.05) is 26.1 Å². The second kappa shape index (κ2) is 9.14. The molecule has 0 fully saturated rings. The van der Waals surface area contributed by atoms with Crippen LogP contribution >= 0.6 is 0 Å². The van der Waals surface area contributed by atoms with Crippen molar-refractivity contribution in [3.63, 3.8) is 0 Å². The van der Waals surface area contributed by atoms with Gasteiger partial charge in [0.15, 0.2) is 6.61 Å². The van der Waals surface area contributed by atoms with Gasteiger partial charge in [0, 0.05) is 6.07 Å². The SMILES string of the molecule is COc1ccc(OC)c(NC(=O)COC(=O)c2cc(C(F)(F)F)cc(C(F)(F)F)c2)c1. The van der Waals surface area contributed by atoms with Crippen molar-refractivity contribution in [3.8, 4) is 11.5 Å². The number of hydrogen-bond acceptors (Lipinski definition) is 5. The molecular formula is C19H15F6NO5. The van der Waals surface area contributed by atoms with Crippen molar-refractivity contribution in [3.05, 3.63) is 53.1 Å². The molecule has 31 heavy (non-hydrogen) atoms. The van der Waals surface area contributed by atoms with Gasteiger partial charge in [-0.25, -0.2) is 4.79 Å². The van der Waals surface area contributed by atoms with E-state index in [0.717, 1.165) is 0 Å². The zero-order valence-corrected chi connectivity index (χ0v) is 16.0. The quantitative estimate of drug-likeness (QED) is 0.516. The van der Waals surface area contributed by atoms with Crippen LogP contribution in [0.1, 0.15) is 21.5 Å². The van der Waals surface area contributed by atoms with Gasteiger partial charge in [-0.3, -0.25) is 4.79 Å². The van der Waals surface area contributed by atoms with Crippen LogP contribution in [0.5, 0.6) is 11.5 Å². The molecule has 0 aliphatic rings. The number of hydrogen-bond donors (Lipinski definition) is 1. The third kappa shape index (κ3) is 6.27. The number of carbonyl (C=O) groups excluding carboxylic acids is 2. The molecule has 0 aliphatic heterocycles. The van der Waals surface area contributed by atoms with Crippen molar-refractivity contribution in [2.45, 2.75) is 12.4 Å². The van der Waals surface area contributed by atoms with Gasteiger partial charge in [0.2, 0.25) is 0 Å². The Morgan fingerprint density at radius 1 is 0.871 bits per heavy atom. The monoisotopic (exact) mass is 451 g/mol. The first-order valence-electron chi connectivity index (χ1n) is 8.33. The fraction of sp³-hybridized carbons (Fsp3) is 0.263. The van der Waals surface area contributed by atoms with E-state index in [1.54, 1.807) is 6.07 Å². The molecule has 2 aromatic carbocycles. The fourth-order valence-corrected chi connectivity index (χ4v) is 2.39. The predicted molar refractivity (Wildman–Crippen MR) is 94.9 cm³/mol. The van der Waals surface area contributed by atoms with Crippen LogP contribution in [0.3, 0.4) is 0 Å². The molecule has 0 radical (unpaired) electrons. The maximum absolute atomic E-state index is 12.9. The first-order chi connectivity index (χ1) is 14.3. The molecule has 0 aliphatic carbocycles. The number of esters is 1. The Bertz CT molecular complexity index is 939. The Balaban J connectivity index is 2.16. The molecule has 2 rings (SSSR count). The zero-order valence-electron chi connectivity index (χ0n) is 16.0. The third-order valence-electron chi connectivity index (χ3n) is 3.84. The number of benzene rings is 2. The van der Waals surface area contributed by atoms with E-state index in [1.807, 2.05) is 0 Å². The molecule has 0 spiro atoms. The summed E-state index contributed by atoms with van der Waals surface area (Å²) >= 11 is 0. The van der Waals surface area contributed by atoms with E-state index in [0.29, 0.717) is 5.75 Å². The van der Waals surface area contributed by atoms with Gasteiger partial charge in [-0.2, -0.15) is 26.3 Å². The van der Waals surface area contributed by atoms with Gasteiger partial charge in [0.05, 0.1) is 36.6 Å². The maximum Gasteiger partial charge on any atom is 0.416 e. The minimum Gasteiger partial charge on any atom is -0.497 e. The number of nitrogens with one attached hydrogen (secondary N) is 1. The van der Waals surface area contributed by atoms with Crippen LogP contribution in [0, 0.1) is 0 Å². The van der Waals surface area contributed by atoms with E-state index < -0.39 is 47.5 Å². The number of methoxy groups -OCH3 is 2. The topological polar surface area (TPSA) is 73.9 Å². The summed E-state index contributed by atoms with van der Waals surface area (Å²) < 4.78 is 91.9. The molecule has 168 valence electrons. The van der Waals surface area contributed by atoms with Gasteiger partial charge in [-0.05, 0) is 30.3 Å². The minimum atomic E-state index is -5.13. The van der Waals surface area contributed by atoms with Crippen molar-refractivity contribution in [1.29, 1.82) is 0 Å². The van der Waals surface area contributed by atoms with Gasteiger partial charge in [-0.15, -0.1) is 0 Å². The Kier molecular flexibility index (Phi) is 7.03. The average Bonchev–Trinajstić information content (AvgIpc) is 2.70. The van der Waals surface area contributed by atoms with Crippen LogP contribution in [-0.2, 0) is 21.9 Å². The highest BCUT2D eigenvalue weighted by atomic mass is 19.4. The number of ether oxygens (including phenoxy) is 3. The van der Waals surface area contributed by atoms with Crippen molar-refractivity contribution >= 4 is 17.6 Å². The Morgan fingerprint density at radius 3 is 1.94 bits per heavy atom. The highest BCUT2D eigenvalue weighted by Crippen LogP contribution is 2.36. The van der Waals surface area contributed by atoms with Gasteiger partial charge in [-0.1, -0.05) is 0 Å². The second-order valence-corrected chi connectivity index (χ2v) is 5.99. The van der Waals surface area contributed by atoms with E-state index in [1.165, 1.54) is 26.4 Å². The summed E-state index contributed by atoms with van der Waals surface area (Å²) in [6.07, 6.45) is -10.3. The number of anilines is 1. The summed E-state index contributed by atoms with van der Waals surface area (Å²) in [5.41, 5.74) is -4.23. The van der Waals surface area contributed by atoms with Crippen LogP contribution in [-0.4, -0.2) is 32.7 Å². The number of amides is 1. The van der Waals surface area contributed by atoms with Crippen molar-refractivity contribution in [1.82, 2.24) is 0 Å². The standard InChI is InChI=1S/C19H15F6NO5/c1-29-13-3-4-15(30-2)14(8-13)26-16(27)9-31-17(28)10-5-11(18(20,21)22)7-12(6-10)19(23,24)25/h3-8H,9H2,1-2H3,(H,26,27). The van der Waals surface area contributed by atoms with Crippen LogP contribution < -0.4 is 14.8 Å². The normalized spacial score (nSPS) is 11.6. The lowest BCUT2D eigenvalue weighted by molar-refractivity contribution is -0.143. The van der Waals surface area contributed by atoms with Crippen LogP contribution in [0.4, 0.5) is 32.0 Å². The van der Waals surface area contributed by atoms with E-state index >= 15 is 0 Å². The number of alkyl halides is 6. The summed E-state index contributed by atoms with van der Waals surface area (Å²) in [6.45, 7) is -0.975. The largest absolute Gasteiger partial charge is 0.497 e. The third-order valence-corrected chi connectivity index (χ3v) is 3.84. The zero-order chi connectivity index (χ0) is 23.4. The maximum atomic E-state index is 12.9. The van der Waals surface area contributed by atoms with E-state index in [2.05, 4.69) is 10.1 Å². The molecule has 1 N–H and O–H groups in total. The van der Waals surface area contributed by atoms with Gasteiger partial charge in [0.1, 0.15) is 11.5 Å². The number of rotatable bonds is 6. The summed E-state index contributed by atoms with van der Waals surface area (Å²) in [5.74, 6) is -1.86. The van der Waals surface area contributed by atoms with Gasteiger partial charge in [0.25, 0.3) is 5.91 Å². The molecule has 0 saturated carbocycles. The highest BCUT2D eigenvalue weighted by molar-refractivity contribution is 5.96. The van der Waals surface area contributed by atoms with Crippen molar-refractivity contribution in [2.24, 2.45) is 0 Å². The molecule has 0 saturated heterocycles. The Labute approximate surface area is 171 Å². The molecule has 0 heterocycles. The number of halogens is 6. The van der Waals surface area contributed by atoms with Gasteiger partial charge < -0.3 is 19.5 Å². The fourth-order valence-electron chi connectivity index (χ4n) is 2.39. The molecule has 6 nitrogen and oxygen atoms in total. The van der Waals surface area contributed by atoms with E-state index in [-0.39, 0.29) is 29.6 Å². The average molecular weight is 451 g/mol. The molecule has 0 unspecified atom stereocenters. The van der Waals surface area contributed by atoms with E-state index in [9.17, 15) is 35.9 Å². The number of carbonyl (C=O) groups is 2. The van der Waals surface area contributed by atoms with Crippen LogP contribution in [0.15, 0.2) is 36.4 Å². The minimum absolute atomic E-state index is 0.126. The van der Waals surface area contributed by atoms with Crippen molar-refractivity contribution < 1.29 is 50.1 Å². The lowest BCUT2D eigenvalue weighted by Gasteiger charge is -2.14.